The molecule has 0 aliphatic heterocycles. The molecule has 6 rings (SSSR count). The van der Waals surface area contributed by atoms with Crippen molar-refractivity contribution in [3.63, 3.8) is 0 Å². The zero-order valence-electron chi connectivity index (χ0n) is 21.3. The Morgan fingerprint density at radius 2 is 1.66 bits per heavy atom. The van der Waals surface area contributed by atoms with Crippen LogP contribution >= 0.6 is 33.4 Å². The van der Waals surface area contributed by atoms with E-state index in [4.69, 9.17) is 16.3 Å². The molecular weight excluding hydrogens is 532 g/mol. The highest BCUT2D eigenvalue weighted by Gasteiger charge is 2.24. The van der Waals surface area contributed by atoms with Crippen LogP contribution in [0.3, 0.4) is 0 Å². The van der Waals surface area contributed by atoms with Gasteiger partial charge in [0.2, 0.25) is 5.43 Å². The fourth-order valence-electron chi connectivity index (χ4n) is 4.94. The van der Waals surface area contributed by atoms with Gasteiger partial charge in [0, 0.05) is 26.6 Å². The molecule has 190 valence electrons. The summed E-state index contributed by atoms with van der Waals surface area (Å²) in [6.07, 6.45) is 0.877. The Kier molecular flexibility index (Phi) is 6.47. The van der Waals surface area contributed by atoms with Crippen molar-refractivity contribution in [2.24, 2.45) is 0 Å². The molecule has 2 heterocycles. The molecule has 4 aromatic carbocycles. The maximum Gasteiger partial charge on any atom is 0.203 e. The van der Waals surface area contributed by atoms with Crippen LogP contribution in [0.5, 0.6) is 5.75 Å². The first-order chi connectivity index (χ1) is 18.4. The SMILES string of the molecule is CCCOc1ccc(Cl)c2c(=O)c3cc(-[s+]4c5ccccc5c(=O)c5cc(C(C)C)ccc54)ccc3sc12. The van der Waals surface area contributed by atoms with Crippen LogP contribution in [0, 0.1) is 0 Å². The van der Waals surface area contributed by atoms with Crippen molar-refractivity contribution in [2.75, 3.05) is 6.61 Å². The highest BCUT2D eigenvalue weighted by atomic mass is 35.5. The Hall–Kier alpha value is -3.25. The third kappa shape index (κ3) is 4.01. The van der Waals surface area contributed by atoms with Crippen LogP contribution in [0.15, 0.2) is 82.4 Å². The van der Waals surface area contributed by atoms with E-state index in [1.807, 2.05) is 48.5 Å². The lowest BCUT2D eigenvalue weighted by Gasteiger charge is -2.10. The Bertz CT molecular complexity index is 2000. The van der Waals surface area contributed by atoms with Crippen molar-refractivity contribution in [3.8, 4) is 10.6 Å². The lowest BCUT2D eigenvalue weighted by atomic mass is 10.0. The van der Waals surface area contributed by atoms with Gasteiger partial charge in [0.05, 0.1) is 32.5 Å². The van der Waals surface area contributed by atoms with Crippen LogP contribution < -0.4 is 15.6 Å². The van der Waals surface area contributed by atoms with Crippen LogP contribution in [0.1, 0.15) is 38.7 Å². The van der Waals surface area contributed by atoms with Gasteiger partial charge in [-0.3, -0.25) is 9.59 Å². The Balaban J connectivity index is 1.68. The van der Waals surface area contributed by atoms with E-state index >= 15 is 0 Å². The minimum Gasteiger partial charge on any atom is -0.492 e. The fourth-order valence-corrected chi connectivity index (χ4v) is 8.74. The zero-order valence-corrected chi connectivity index (χ0v) is 23.7. The second kappa shape index (κ2) is 9.81. The molecule has 0 aliphatic carbocycles. The standard InChI is InChI=1S/C32H26ClO3S2/c1-4-15-36-25-12-11-24(33)29-31(35)22-17-20(10-13-26(22)37-32(25)29)38-27-8-6-5-7-21(27)30(34)23-16-19(18(2)3)9-14-28(23)38/h5-14,16-18H,4,15H2,1-3H3/q+1. The van der Waals surface area contributed by atoms with Crippen LogP contribution in [0.2, 0.25) is 5.02 Å². The van der Waals surface area contributed by atoms with Gasteiger partial charge in [-0.05, 0) is 66.4 Å². The number of ether oxygens (including phenoxy) is 1. The molecule has 3 nitrogen and oxygen atoms in total. The van der Waals surface area contributed by atoms with Gasteiger partial charge in [0.25, 0.3) is 0 Å². The molecule has 0 spiro atoms. The van der Waals surface area contributed by atoms with E-state index in [1.165, 1.54) is 11.3 Å². The molecule has 1 atom stereocenters. The molecular formula is C32H26ClO3S2+. The van der Waals surface area contributed by atoms with Crippen LogP contribution in [-0.4, -0.2) is 6.61 Å². The number of hydrogen-bond donors (Lipinski definition) is 0. The third-order valence-electron chi connectivity index (χ3n) is 6.89. The smallest absolute Gasteiger partial charge is 0.203 e. The van der Waals surface area contributed by atoms with E-state index in [2.05, 4.69) is 39.0 Å². The molecule has 1 unspecified atom stereocenters. The first kappa shape index (κ1) is 25.1. The van der Waals surface area contributed by atoms with E-state index < -0.39 is 10.5 Å². The largest absolute Gasteiger partial charge is 0.492 e. The van der Waals surface area contributed by atoms with Crippen molar-refractivity contribution >= 4 is 73.8 Å². The molecule has 0 radical (unpaired) electrons. The number of halogens is 1. The fraction of sp³-hybridized carbons (Fsp3) is 0.188. The monoisotopic (exact) mass is 557 g/mol. The predicted molar refractivity (Wildman–Crippen MR) is 166 cm³/mol. The van der Waals surface area contributed by atoms with Crippen molar-refractivity contribution in [2.45, 2.75) is 33.1 Å². The van der Waals surface area contributed by atoms with E-state index in [9.17, 15) is 9.59 Å². The van der Waals surface area contributed by atoms with Crippen LogP contribution in [0.4, 0.5) is 0 Å². The van der Waals surface area contributed by atoms with Gasteiger partial charge >= 0.3 is 0 Å². The second-order valence-corrected chi connectivity index (χ2v) is 13.2. The molecule has 0 amide bonds. The minimum absolute atomic E-state index is 0.0618. The van der Waals surface area contributed by atoms with Gasteiger partial charge in [0.15, 0.2) is 19.7 Å². The van der Waals surface area contributed by atoms with E-state index in [-0.39, 0.29) is 10.9 Å². The van der Waals surface area contributed by atoms with Gasteiger partial charge in [-0.25, -0.2) is 0 Å². The van der Waals surface area contributed by atoms with Crippen LogP contribution in [-0.2, 0) is 0 Å². The molecule has 6 aromatic rings. The average molecular weight is 558 g/mol. The van der Waals surface area contributed by atoms with Crippen molar-refractivity contribution in [1.29, 1.82) is 0 Å². The zero-order chi connectivity index (χ0) is 26.6. The molecule has 0 saturated heterocycles. The van der Waals surface area contributed by atoms with E-state index in [0.29, 0.717) is 34.1 Å². The average Bonchev–Trinajstić information content (AvgIpc) is 2.93. The summed E-state index contributed by atoms with van der Waals surface area (Å²) >= 11 is 8.09. The Morgan fingerprint density at radius 1 is 0.868 bits per heavy atom. The maximum atomic E-state index is 13.8. The van der Waals surface area contributed by atoms with E-state index in [0.717, 1.165) is 46.5 Å². The van der Waals surface area contributed by atoms with Gasteiger partial charge in [0.1, 0.15) is 5.75 Å². The van der Waals surface area contributed by atoms with Crippen molar-refractivity contribution in [3.05, 3.63) is 104 Å². The van der Waals surface area contributed by atoms with Crippen LogP contribution in [0.25, 0.3) is 45.2 Å². The molecule has 0 bridgehead atoms. The second-order valence-electron chi connectivity index (χ2n) is 9.73. The van der Waals surface area contributed by atoms with Gasteiger partial charge in [-0.1, -0.05) is 50.6 Å². The first-order valence-electron chi connectivity index (χ1n) is 12.7. The number of benzene rings is 4. The minimum atomic E-state index is -0.525. The molecule has 0 fully saturated rings. The lowest BCUT2D eigenvalue weighted by Crippen LogP contribution is -2.05. The number of rotatable bonds is 5. The van der Waals surface area contributed by atoms with Crippen molar-refractivity contribution < 1.29 is 4.74 Å². The van der Waals surface area contributed by atoms with Crippen molar-refractivity contribution in [1.82, 2.24) is 0 Å². The summed E-state index contributed by atoms with van der Waals surface area (Å²) in [6, 6.07) is 23.8. The van der Waals surface area contributed by atoms with Gasteiger partial charge < -0.3 is 4.74 Å². The predicted octanol–water partition coefficient (Wildman–Crippen LogP) is 9.39. The van der Waals surface area contributed by atoms with Gasteiger partial charge in [-0.15, -0.1) is 11.3 Å². The molecule has 2 aromatic heterocycles. The highest BCUT2D eigenvalue weighted by Crippen LogP contribution is 2.45. The topological polar surface area (TPSA) is 43.4 Å². The molecule has 0 N–H and O–H groups in total. The summed E-state index contributed by atoms with van der Waals surface area (Å²) in [7, 11) is -0.525. The van der Waals surface area contributed by atoms with Gasteiger partial charge in [-0.2, -0.15) is 0 Å². The first-order valence-corrected chi connectivity index (χ1v) is 15.1. The Labute approximate surface area is 231 Å². The number of hydrogen-bond acceptors (Lipinski definition) is 4. The molecule has 0 aliphatic rings. The normalized spacial score (nSPS) is 12.3. The summed E-state index contributed by atoms with van der Waals surface area (Å²) < 4.78 is 9.60. The molecule has 38 heavy (non-hydrogen) atoms. The number of fused-ring (bicyclic) bond motifs is 4. The third-order valence-corrected chi connectivity index (χ3v) is 10.7. The lowest BCUT2D eigenvalue weighted by molar-refractivity contribution is 0.321. The summed E-state index contributed by atoms with van der Waals surface area (Å²) in [6.45, 7) is 6.90. The molecule has 0 saturated carbocycles. The summed E-state index contributed by atoms with van der Waals surface area (Å²) in [5.41, 5.74) is 1.11. The highest BCUT2D eigenvalue weighted by molar-refractivity contribution is 7.49. The van der Waals surface area contributed by atoms with E-state index in [1.54, 1.807) is 6.07 Å². The summed E-state index contributed by atoms with van der Waals surface area (Å²) in [5, 5.41) is 3.05. The quantitative estimate of drug-likeness (QED) is 0.157. The summed E-state index contributed by atoms with van der Waals surface area (Å²) in [5.74, 6) is 1.01. The molecule has 6 heteroatoms. The Morgan fingerprint density at radius 3 is 2.45 bits per heavy atom. The summed E-state index contributed by atoms with van der Waals surface area (Å²) in [4.78, 5) is 28.4. The maximum absolute atomic E-state index is 13.8.